The first-order chi connectivity index (χ1) is 10.1. The quantitative estimate of drug-likeness (QED) is 0.801. The molecule has 0 aliphatic heterocycles. The average Bonchev–Trinajstić information content (AvgIpc) is 2.80. The molecule has 3 rings (SSSR count). The van der Waals surface area contributed by atoms with E-state index >= 15 is 0 Å². The molecule has 21 heavy (non-hydrogen) atoms. The molecule has 0 aliphatic carbocycles. The lowest BCUT2D eigenvalue weighted by Gasteiger charge is -2.00. The van der Waals surface area contributed by atoms with Crippen LogP contribution in [0, 0.1) is 5.82 Å². The number of phenols is 1. The molecule has 3 aromatic rings. The van der Waals surface area contributed by atoms with Gasteiger partial charge in [-0.2, -0.15) is 4.68 Å². The molecule has 7 heteroatoms. The van der Waals surface area contributed by atoms with E-state index < -0.39 is 11.6 Å². The normalized spacial score (nSPS) is 10.5. The van der Waals surface area contributed by atoms with Crippen LogP contribution in [0.2, 0.25) is 0 Å². The third kappa shape index (κ3) is 2.62. The van der Waals surface area contributed by atoms with E-state index in [-0.39, 0.29) is 23.3 Å². The Kier molecular flexibility index (Phi) is 3.15. The number of phenolic OH excluding ortho intramolecular Hbond substituents is 1. The van der Waals surface area contributed by atoms with Gasteiger partial charge in [-0.3, -0.25) is 0 Å². The molecule has 0 aliphatic rings. The summed E-state index contributed by atoms with van der Waals surface area (Å²) in [6.45, 7) is 0. The molecule has 0 atom stereocenters. The Bertz CT molecular complexity index is 841. The summed E-state index contributed by atoms with van der Waals surface area (Å²) < 4.78 is 24.4. The lowest BCUT2D eigenvalue weighted by atomic mass is 10.3. The summed E-state index contributed by atoms with van der Waals surface area (Å²) in [7, 11) is 0. The van der Waals surface area contributed by atoms with Crippen molar-refractivity contribution in [1.29, 1.82) is 0 Å². The topological polar surface area (TPSA) is 77.5 Å². The summed E-state index contributed by atoms with van der Waals surface area (Å²) in [6.07, 6.45) is -0.353. The van der Waals surface area contributed by atoms with Crippen LogP contribution in [0.1, 0.15) is 0 Å². The van der Waals surface area contributed by atoms with Gasteiger partial charge in [0.1, 0.15) is 23.0 Å². The maximum atomic E-state index is 13.6. The van der Waals surface area contributed by atoms with Crippen LogP contribution in [-0.2, 0) is 0 Å². The van der Waals surface area contributed by atoms with Gasteiger partial charge in [0.2, 0.25) is 0 Å². The number of para-hydroxylation sites is 1. The zero-order valence-electron chi connectivity index (χ0n) is 10.6. The van der Waals surface area contributed by atoms with Crippen LogP contribution in [-0.4, -0.2) is 14.9 Å². The molecule has 106 valence electrons. The van der Waals surface area contributed by atoms with Gasteiger partial charge in [0, 0.05) is 6.07 Å². The fraction of sp³-hybridized carbons (Fsp3) is 0. The van der Waals surface area contributed by atoms with Crippen molar-refractivity contribution in [1.82, 2.24) is 9.78 Å². The second kappa shape index (κ2) is 5.12. The van der Waals surface area contributed by atoms with Crippen LogP contribution in [0.4, 0.5) is 4.39 Å². The molecular weight excluding hydrogens is 279 g/mol. The molecule has 0 bridgehead atoms. The number of rotatable bonds is 3. The van der Waals surface area contributed by atoms with E-state index in [1.807, 2.05) is 0 Å². The molecule has 1 aromatic heterocycles. The van der Waals surface area contributed by atoms with Gasteiger partial charge in [-0.05, 0) is 24.3 Å². The number of benzene rings is 2. The first kappa shape index (κ1) is 12.9. The van der Waals surface area contributed by atoms with Crippen molar-refractivity contribution in [3.8, 4) is 23.3 Å². The van der Waals surface area contributed by atoms with Crippen LogP contribution in [0.25, 0.3) is 5.69 Å². The van der Waals surface area contributed by atoms with Gasteiger partial charge < -0.3 is 14.3 Å². The standard InChI is InChI=1S/C14H9FN2O4/c15-11-6-1-2-7-12(11)17-14(19)21-13(16-17)20-10-5-3-4-9(18)8-10/h1-8,18H. The van der Waals surface area contributed by atoms with Crippen molar-refractivity contribution < 1.29 is 18.7 Å². The zero-order valence-corrected chi connectivity index (χ0v) is 10.6. The summed E-state index contributed by atoms with van der Waals surface area (Å²) in [6, 6.07) is 11.5. The van der Waals surface area contributed by atoms with E-state index in [9.17, 15) is 14.3 Å². The van der Waals surface area contributed by atoms with E-state index in [2.05, 4.69) is 5.10 Å². The first-order valence-electron chi connectivity index (χ1n) is 5.95. The van der Waals surface area contributed by atoms with E-state index in [1.54, 1.807) is 18.2 Å². The van der Waals surface area contributed by atoms with Crippen LogP contribution in [0.5, 0.6) is 17.6 Å². The number of aromatic nitrogens is 2. The molecule has 0 saturated carbocycles. The zero-order chi connectivity index (χ0) is 14.8. The second-order valence-corrected chi connectivity index (χ2v) is 4.10. The maximum absolute atomic E-state index is 13.6. The molecule has 1 heterocycles. The highest BCUT2D eigenvalue weighted by atomic mass is 19.1. The van der Waals surface area contributed by atoms with Crippen molar-refractivity contribution in [2.45, 2.75) is 0 Å². The molecular formula is C14H9FN2O4. The largest absolute Gasteiger partial charge is 0.508 e. The van der Waals surface area contributed by atoms with Crippen molar-refractivity contribution in [2.75, 3.05) is 0 Å². The Morgan fingerprint density at radius 2 is 2.00 bits per heavy atom. The third-order valence-corrected chi connectivity index (χ3v) is 2.63. The molecule has 2 aromatic carbocycles. The number of hydrogen-bond acceptors (Lipinski definition) is 5. The molecule has 6 nitrogen and oxygen atoms in total. The van der Waals surface area contributed by atoms with Crippen molar-refractivity contribution in [3.63, 3.8) is 0 Å². The SMILES string of the molecule is O=c1oc(Oc2cccc(O)c2)nn1-c1ccccc1F. The monoisotopic (exact) mass is 288 g/mol. The lowest BCUT2D eigenvalue weighted by Crippen LogP contribution is -2.14. The van der Waals surface area contributed by atoms with Crippen molar-refractivity contribution in [3.05, 3.63) is 64.9 Å². The molecule has 0 unspecified atom stereocenters. The molecule has 0 fully saturated rings. The van der Waals surface area contributed by atoms with Gasteiger partial charge in [0.15, 0.2) is 0 Å². The summed E-state index contributed by atoms with van der Waals surface area (Å²) in [5.74, 6) is -1.27. The minimum Gasteiger partial charge on any atom is -0.508 e. The minimum absolute atomic E-state index is 0.0108. The summed E-state index contributed by atoms with van der Waals surface area (Å²) in [5, 5.41) is 13.1. The number of hydrogen-bond donors (Lipinski definition) is 1. The highest BCUT2D eigenvalue weighted by Gasteiger charge is 2.14. The molecule has 0 amide bonds. The minimum atomic E-state index is -0.879. The van der Waals surface area contributed by atoms with E-state index in [0.717, 1.165) is 4.68 Å². The molecule has 0 saturated heterocycles. The molecule has 0 radical (unpaired) electrons. The van der Waals surface area contributed by atoms with Gasteiger partial charge in [-0.15, -0.1) is 0 Å². The van der Waals surface area contributed by atoms with Crippen LogP contribution in [0.3, 0.4) is 0 Å². The predicted octanol–water partition coefficient (Wildman–Crippen LogP) is 2.46. The summed E-state index contributed by atoms with van der Waals surface area (Å²) in [4.78, 5) is 11.7. The summed E-state index contributed by atoms with van der Waals surface area (Å²) >= 11 is 0. The van der Waals surface area contributed by atoms with Gasteiger partial charge in [-0.25, -0.2) is 9.18 Å². The Morgan fingerprint density at radius 1 is 1.19 bits per heavy atom. The van der Waals surface area contributed by atoms with Gasteiger partial charge in [-0.1, -0.05) is 23.3 Å². The Morgan fingerprint density at radius 3 is 2.76 bits per heavy atom. The van der Waals surface area contributed by atoms with Crippen molar-refractivity contribution in [2.24, 2.45) is 0 Å². The Hall–Kier alpha value is -3.09. The van der Waals surface area contributed by atoms with E-state index in [0.29, 0.717) is 0 Å². The van der Waals surface area contributed by atoms with E-state index in [1.165, 1.54) is 30.3 Å². The van der Waals surface area contributed by atoms with Crippen LogP contribution >= 0.6 is 0 Å². The smallest absolute Gasteiger partial charge is 0.444 e. The first-order valence-corrected chi connectivity index (χ1v) is 5.95. The third-order valence-electron chi connectivity index (χ3n) is 2.63. The number of ether oxygens (including phenoxy) is 1. The second-order valence-electron chi connectivity index (χ2n) is 4.10. The highest BCUT2D eigenvalue weighted by molar-refractivity contribution is 5.34. The van der Waals surface area contributed by atoms with Gasteiger partial charge in [0.25, 0.3) is 0 Å². The lowest BCUT2D eigenvalue weighted by molar-refractivity contribution is 0.319. The predicted molar refractivity (Wildman–Crippen MR) is 70.2 cm³/mol. The fourth-order valence-electron chi connectivity index (χ4n) is 1.73. The molecule has 0 spiro atoms. The maximum Gasteiger partial charge on any atom is 0.444 e. The van der Waals surface area contributed by atoms with Crippen LogP contribution < -0.4 is 10.5 Å². The summed E-state index contributed by atoms with van der Waals surface area (Å²) in [5.41, 5.74) is -0.0444. The number of halogens is 1. The Balaban J connectivity index is 1.95. The Labute approximate surface area is 117 Å². The number of aromatic hydroxyl groups is 1. The highest BCUT2D eigenvalue weighted by Crippen LogP contribution is 2.23. The number of nitrogens with zero attached hydrogens (tertiary/aromatic N) is 2. The van der Waals surface area contributed by atoms with Gasteiger partial charge >= 0.3 is 11.8 Å². The van der Waals surface area contributed by atoms with Gasteiger partial charge in [0.05, 0.1) is 0 Å². The van der Waals surface area contributed by atoms with Crippen LogP contribution in [0.15, 0.2) is 57.7 Å². The fourth-order valence-corrected chi connectivity index (χ4v) is 1.73. The molecule has 1 N–H and O–H groups in total. The average molecular weight is 288 g/mol. The van der Waals surface area contributed by atoms with E-state index in [4.69, 9.17) is 9.15 Å². The van der Waals surface area contributed by atoms with Crippen molar-refractivity contribution >= 4 is 0 Å².